The van der Waals surface area contributed by atoms with E-state index in [2.05, 4.69) is 147 Å². The highest BCUT2D eigenvalue weighted by Crippen LogP contribution is 2.56. The van der Waals surface area contributed by atoms with Crippen LogP contribution in [0.1, 0.15) is 191 Å². The van der Waals surface area contributed by atoms with Gasteiger partial charge in [-0.3, -0.25) is 0 Å². The Labute approximate surface area is 403 Å². The Kier molecular flexibility index (Phi) is 14.8. The third-order valence-electron chi connectivity index (χ3n) is 17.2. The molecule has 2 heteroatoms. The third kappa shape index (κ3) is 10.4. The quantitative estimate of drug-likeness (QED) is 0.0486. The molecular formula is C65H76O2. The van der Waals surface area contributed by atoms with Crippen molar-refractivity contribution in [3.05, 3.63) is 184 Å². The molecule has 1 unspecified atom stereocenters. The molecule has 67 heavy (non-hydrogen) atoms. The number of hydrogen-bond acceptors (Lipinski definition) is 2. The van der Waals surface area contributed by atoms with Crippen molar-refractivity contribution in [1.29, 1.82) is 0 Å². The molecule has 1 spiro atoms. The molecule has 2 saturated carbocycles. The summed E-state index contributed by atoms with van der Waals surface area (Å²) >= 11 is 0. The molecule has 0 radical (unpaired) electrons. The van der Waals surface area contributed by atoms with Crippen LogP contribution in [0.25, 0.3) is 22.3 Å². The van der Waals surface area contributed by atoms with Crippen LogP contribution in [0.15, 0.2) is 133 Å². The summed E-state index contributed by atoms with van der Waals surface area (Å²) in [4.78, 5) is 12.5. The van der Waals surface area contributed by atoms with Crippen LogP contribution in [-0.4, -0.2) is 0 Å². The predicted molar refractivity (Wildman–Crippen MR) is 280 cm³/mol. The Hall–Kier alpha value is -4.92. The number of fused-ring (bicyclic) bond motifs is 4. The summed E-state index contributed by atoms with van der Waals surface area (Å²) in [5, 5.41) is 0. The lowest BCUT2D eigenvalue weighted by molar-refractivity contribution is -0.218. The Bertz CT molecular complexity index is 2490. The monoisotopic (exact) mass is 889 g/mol. The maximum absolute atomic E-state index is 6.35. The van der Waals surface area contributed by atoms with E-state index in [0.29, 0.717) is 6.61 Å². The van der Waals surface area contributed by atoms with Gasteiger partial charge in [0.2, 0.25) is 0 Å². The maximum Gasteiger partial charge on any atom is 0.169 e. The lowest BCUT2D eigenvalue weighted by Gasteiger charge is -2.30. The molecule has 0 N–H and O–H groups in total. The van der Waals surface area contributed by atoms with Gasteiger partial charge >= 0.3 is 0 Å². The largest absolute Gasteiger partial charge is 0.337 e. The van der Waals surface area contributed by atoms with Crippen LogP contribution in [0.2, 0.25) is 0 Å². The van der Waals surface area contributed by atoms with Crippen LogP contribution in [0.4, 0.5) is 0 Å². The van der Waals surface area contributed by atoms with E-state index in [1.807, 2.05) is 0 Å². The van der Waals surface area contributed by atoms with Crippen molar-refractivity contribution in [1.82, 2.24) is 0 Å². The van der Waals surface area contributed by atoms with Gasteiger partial charge in [0.1, 0.15) is 6.61 Å². The first-order valence-electron chi connectivity index (χ1n) is 27.0. The summed E-state index contributed by atoms with van der Waals surface area (Å²) in [6.45, 7) is 5.03. The van der Waals surface area contributed by atoms with Gasteiger partial charge in [-0.2, -0.15) is 4.89 Å². The summed E-state index contributed by atoms with van der Waals surface area (Å²) in [6, 6.07) is 50.8. The lowest BCUT2D eigenvalue weighted by Crippen LogP contribution is -2.24. The summed E-state index contributed by atoms with van der Waals surface area (Å²) < 4.78 is 0. The number of hydrogen-bond donors (Lipinski definition) is 0. The van der Waals surface area contributed by atoms with Crippen molar-refractivity contribution in [2.75, 3.05) is 0 Å². The molecule has 1 atom stereocenters. The van der Waals surface area contributed by atoms with E-state index in [9.17, 15) is 0 Å². The van der Waals surface area contributed by atoms with Crippen molar-refractivity contribution in [3.8, 4) is 28.0 Å². The van der Waals surface area contributed by atoms with Crippen molar-refractivity contribution in [2.24, 2.45) is 11.8 Å². The van der Waals surface area contributed by atoms with Crippen LogP contribution in [0.3, 0.4) is 0 Å². The topological polar surface area (TPSA) is 18.5 Å². The normalized spacial score (nSPS) is 22.2. The van der Waals surface area contributed by atoms with E-state index in [0.717, 1.165) is 67.1 Å². The van der Waals surface area contributed by atoms with Gasteiger partial charge < -0.3 is 4.89 Å². The van der Waals surface area contributed by atoms with Crippen LogP contribution < -0.4 is 4.89 Å². The van der Waals surface area contributed by atoms with Gasteiger partial charge in [-0.05, 0) is 180 Å². The second-order valence-electron chi connectivity index (χ2n) is 21.4. The SMILES string of the molecule is CCCCCC1CCC(c2ccc(-c3ccc(COOc4cccc5c4C4(CCc6cccc(Cc7ccc(-c8ccc(C9CCC(CCCCC)CC9)cc8)cc7)c64)CC5)cc3)cc2)CC1. The molecular weight excluding hydrogens is 813 g/mol. The Morgan fingerprint density at radius 2 is 0.925 bits per heavy atom. The molecule has 2 nitrogen and oxygen atoms in total. The van der Waals surface area contributed by atoms with E-state index >= 15 is 0 Å². The average Bonchev–Trinajstić information content (AvgIpc) is 3.96. The number of benzene rings is 6. The molecule has 4 aliphatic carbocycles. The fourth-order valence-corrected chi connectivity index (χ4v) is 13.3. The fraction of sp³-hybridized carbons (Fsp3) is 0.446. The van der Waals surface area contributed by atoms with Crippen LogP contribution in [0, 0.1) is 11.8 Å². The third-order valence-corrected chi connectivity index (χ3v) is 17.2. The highest BCUT2D eigenvalue weighted by molar-refractivity contribution is 5.66. The molecule has 4 aliphatic rings. The average molecular weight is 889 g/mol. The minimum Gasteiger partial charge on any atom is -0.337 e. The summed E-state index contributed by atoms with van der Waals surface area (Å²) in [5.41, 5.74) is 17.9. The fourth-order valence-electron chi connectivity index (χ4n) is 13.3. The zero-order valence-corrected chi connectivity index (χ0v) is 40.9. The lowest BCUT2D eigenvalue weighted by atomic mass is 9.74. The Balaban J connectivity index is 0.759. The summed E-state index contributed by atoms with van der Waals surface area (Å²) in [7, 11) is 0. The van der Waals surface area contributed by atoms with Crippen molar-refractivity contribution < 1.29 is 9.78 Å². The van der Waals surface area contributed by atoms with E-state index in [-0.39, 0.29) is 5.41 Å². The Morgan fingerprint density at radius 3 is 1.43 bits per heavy atom. The molecule has 0 amide bonds. The Morgan fingerprint density at radius 1 is 0.463 bits per heavy atom. The second kappa shape index (κ2) is 21.6. The van der Waals surface area contributed by atoms with Gasteiger partial charge in [0, 0.05) is 11.0 Å². The van der Waals surface area contributed by atoms with Gasteiger partial charge in [0.15, 0.2) is 5.75 Å². The first-order chi connectivity index (χ1) is 33.1. The van der Waals surface area contributed by atoms with Crippen LogP contribution in [-0.2, 0) is 36.2 Å². The van der Waals surface area contributed by atoms with Gasteiger partial charge in [-0.15, -0.1) is 0 Å². The van der Waals surface area contributed by atoms with Gasteiger partial charge in [0.05, 0.1) is 0 Å². The first kappa shape index (κ1) is 45.8. The number of unbranched alkanes of at least 4 members (excludes halogenated alkanes) is 4. The van der Waals surface area contributed by atoms with Crippen molar-refractivity contribution >= 4 is 0 Å². The summed E-state index contributed by atoms with van der Waals surface area (Å²) in [6.07, 6.45) is 27.5. The standard InChI is InChI=1S/C65H76O2/c1-3-5-7-11-47-17-25-51(26-18-47)55-33-37-57(38-34-55)53-29-21-49(22-30-53)45-61-15-9-13-59-41-43-65(63(59)61)44-42-60-14-10-16-62(64(60)65)67-66-46-50-23-31-54(32-24-50)58-39-35-56(36-40-58)52-27-19-48(20-28-52)12-8-6-4-2/h9-10,13-16,21-24,29-40,47-48,51-52H,3-8,11-12,17-20,25-28,41-46H2,1-2H3. The minimum atomic E-state index is -0.0535. The van der Waals surface area contributed by atoms with Crippen LogP contribution in [0.5, 0.6) is 5.75 Å². The predicted octanol–water partition coefficient (Wildman–Crippen LogP) is 18.0. The molecule has 6 aromatic rings. The molecule has 0 aliphatic heterocycles. The molecule has 0 saturated heterocycles. The molecule has 2 fully saturated rings. The molecule has 0 aromatic heterocycles. The van der Waals surface area contributed by atoms with Gasteiger partial charge in [0.25, 0.3) is 0 Å². The van der Waals surface area contributed by atoms with E-state index in [1.165, 1.54) is 169 Å². The van der Waals surface area contributed by atoms with Crippen molar-refractivity contribution in [3.63, 3.8) is 0 Å². The molecule has 0 heterocycles. The zero-order chi connectivity index (χ0) is 45.4. The smallest absolute Gasteiger partial charge is 0.169 e. The van der Waals surface area contributed by atoms with Gasteiger partial charge in [-0.1, -0.05) is 193 Å². The number of aryl methyl sites for hydroxylation is 2. The first-order valence-corrected chi connectivity index (χ1v) is 27.0. The molecule has 0 bridgehead atoms. The van der Waals surface area contributed by atoms with Gasteiger partial charge in [-0.25, -0.2) is 0 Å². The van der Waals surface area contributed by atoms with E-state index < -0.39 is 0 Å². The van der Waals surface area contributed by atoms with Crippen molar-refractivity contribution in [2.45, 2.75) is 173 Å². The minimum absolute atomic E-state index is 0.0535. The van der Waals surface area contributed by atoms with E-state index in [1.54, 1.807) is 0 Å². The highest BCUT2D eigenvalue weighted by Gasteiger charge is 2.48. The second-order valence-corrected chi connectivity index (χ2v) is 21.4. The summed E-state index contributed by atoms with van der Waals surface area (Å²) in [5.74, 6) is 4.24. The highest BCUT2D eigenvalue weighted by atomic mass is 17.2. The van der Waals surface area contributed by atoms with E-state index in [4.69, 9.17) is 9.78 Å². The number of rotatable bonds is 18. The maximum atomic E-state index is 6.35. The molecule has 6 aromatic carbocycles. The molecule has 10 rings (SSSR count). The zero-order valence-electron chi connectivity index (χ0n) is 40.9. The molecule has 348 valence electrons. The van der Waals surface area contributed by atoms with Crippen LogP contribution >= 0.6 is 0 Å².